The van der Waals surface area contributed by atoms with Crippen molar-refractivity contribution in [2.75, 3.05) is 14.1 Å². The standard InChI is InChI=1S/C2H7N.C2H4O2/c1-3-2;1-2(3)4/h3H,1-2H3;1H3,(H,3,4). The van der Waals surface area contributed by atoms with Crippen molar-refractivity contribution in [1.29, 1.82) is 0 Å². The zero-order valence-electron chi connectivity index (χ0n) is 4.86. The van der Waals surface area contributed by atoms with Gasteiger partial charge in [-0.1, -0.05) is 0 Å². The molecule has 3 heteroatoms. The molecule has 0 saturated heterocycles. The Morgan fingerprint density at radius 1 is 1.57 bits per heavy atom. The molecule has 0 spiro atoms. The van der Waals surface area contributed by atoms with Crippen molar-refractivity contribution < 1.29 is 9.90 Å². The molecule has 0 rings (SSSR count). The van der Waals surface area contributed by atoms with E-state index in [4.69, 9.17) is 9.90 Å². The fraction of sp³-hybridized carbons (Fsp3) is 0.750. The summed E-state index contributed by atoms with van der Waals surface area (Å²) in [5.74, 6) is -0.833. The average molecular weight is 105 g/mol. The van der Waals surface area contributed by atoms with E-state index in [0.29, 0.717) is 0 Å². The number of carbonyl (C=O) groups is 1. The number of carboxylic acid groups (broad SMARTS) is 1. The van der Waals surface area contributed by atoms with Crippen LogP contribution in [0.15, 0.2) is 0 Å². The second-order valence-corrected chi connectivity index (χ2v) is 1.02. The third-order valence-electron chi connectivity index (χ3n) is 0. The molecule has 0 heterocycles. The van der Waals surface area contributed by atoms with Gasteiger partial charge in [0.15, 0.2) is 0 Å². The molecule has 0 aliphatic rings. The van der Waals surface area contributed by atoms with Crippen molar-refractivity contribution in [2.24, 2.45) is 0 Å². The molecule has 0 saturated carbocycles. The first-order valence-electron chi connectivity index (χ1n) is 1.93. The summed E-state index contributed by atoms with van der Waals surface area (Å²) in [6.45, 7) is 1.08. The smallest absolute Gasteiger partial charge is 0.300 e. The SMILES string of the molecule is CC(=O)O.CNC. The first-order valence-corrected chi connectivity index (χ1v) is 1.93. The van der Waals surface area contributed by atoms with E-state index in [2.05, 4.69) is 5.32 Å². The van der Waals surface area contributed by atoms with Gasteiger partial charge in [-0.15, -0.1) is 0 Å². The van der Waals surface area contributed by atoms with Crippen molar-refractivity contribution in [3.05, 3.63) is 0 Å². The number of rotatable bonds is 0. The third kappa shape index (κ3) is 197. The van der Waals surface area contributed by atoms with Crippen molar-refractivity contribution in [2.45, 2.75) is 6.92 Å². The maximum absolute atomic E-state index is 9.00. The second-order valence-electron chi connectivity index (χ2n) is 1.02. The Hall–Kier alpha value is -0.570. The molecule has 0 radical (unpaired) electrons. The normalized spacial score (nSPS) is 6.14. The van der Waals surface area contributed by atoms with Crippen LogP contribution in [0.5, 0.6) is 0 Å². The molecule has 0 aromatic carbocycles. The molecule has 0 bridgehead atoms. The predicted octanol–water partition coefficient (Wildman–Crippen LogP) is -0.0735. The second kappa shape index (κ2) is 9.06. The summed E-state index contributed by atoms with van der Waals surface area (Å²) >= 11 is 0. The first kappa shape index (κ1) is 9.66. The molecule has 0 aromatic heterocycles. The van der Waals surface area contributed by atoms with E-state index < -0.39 is 5.97 Å². The van der Waals surface area contributed by atoms with E-state index in [-0.39, 0.29) is 0 Å². The monoisotopic (exact) mass is 105 g/mol. The number of aliphatic carboxylic acids is 1. The van der Waals surface area contributed by atoms with Gasteiger partial charge in [0.2, 0.25) is 0 Å². The lowest BCUT2D eigenvalue weighted by Gasteiger charge is -1.59. The Bertz CT molecular complexity index is 41.0. The Kier molecular flexibility index (Phi) is 12.5. The number of hydrogen-bond donors (Lipinski definition) is 2. The molecule has 0 unspecified atom stereocenters. The Morgan fingerprint density at radius 2 is 1.57 bits per heavy atom. The van der Waals surface area contributed by atoms with Crippen LogP contribution in [0.25, 0.3) is 0 Å². The lowest BCUT2D eigenvalue weighted by molar-refractivity contribution is -0.134. The average Bonchev–Trinajstić information content (AvgIpc) is 1.33. The van der Waals surface area contributed by atoms with Gasteiger partial charge in [0.25, 0.3) is 5.97 Å². The van der Waals surface area contributed by atoms with Gasteiger partial charge in [0.05, 0.1) is 0 Å². The van der Waals surface area contributed by atoms with Gasteiger partial charge in [-0.3, -0.25) is 4.79 Å². The highest BCUT2D eigenvalue weighted by molar-refractivity contribution is 5.62. The maximum Gasteiger partial charge on any atom is 0.300 e. The lowest BCUT2D eigenvalue weighted by Crippen LogP contribution is -1.89. The summed E-state index contributed by atoms with van der Waals surface area (Å²) in [5, 5.41) is 10.2. The molecule has 0 aromatic rings. The summed E-state index contributed by atoms with van der Waals surface area (Å²) in [4.78, 5) is 9.00. The van der Waals surface area contributed by atoms with Crippen LogP contribution in [0.3, 0.4) is 0 Å². The highest BCUT2D eigenvalue weighted by atomic mass is 16.4. The molecular formula is C4H11NO2. The number of hydrogen-bond acceptors (Lipinski definition) is 2. The number of carboxylic acids is 1. The van der Waals surface area contributed by atoms with E-state index >= 15 is 0 Å². The molecule has 2 N–H and O–H groups in total. The van der Waals surface area contributed by atoms with Crippen molar-refractivity contribution >= 4 is 5.97 Å². The lowest BCUT2D eigenvalue weighted by atomic mass is 10.9. The van der Waals surface area contributed by atoms with E-state index in [0.717, 1.165) is 6.92 Å². The largest absolute Gasteiger partial charge is 0.481 e. The van der Waals surface area contributed by atoms with Gasteiger partial charge >= 0.3 is 0 Å². The fourth-order valence-corrected chi connectivity index (χ4v) is 0. The number of nitrogens with one attached hydrogen (secondary N) is 1. The van der Waals surface area contributed by atoms with E-state index in [1.165, 1.54) is 0 Å². The van der Waals surface area contributed by atoms with Crippen molar-refractivity contribution in [1.82, 2.24) is 5.32 Å². The third-order valence-corrected chi connectivity index (χ3v) is 0. The molecule has 0 aliphatic heterocycles. The maximum atomic E-state index is 9.00. The van der Waals surface area contributed by atoms with Gasteiger partial charge < -0.3 is 10.4 Å². The zero-order chi connectivity index (χ0) is 6.28. The highest BCUT2D eigenvalue weighted by Gasteiger charge is 1.65. The Labute approximate surface area is 43.3 Å². The molecule has 7 heavy (non-hydrogen) atoms. The van der Waals surface area contributed by atoms with Crippen LogP contribution in [-0.4, -0.2) is 25.2 Å². The molecule has 0 atom stereocenters. The molecule has 44 valence electrons. The summed E-state index contributed by atoms with van der Waals surface area (Å²) in [6, 6.07) is 0. The summed E-state index contributed by atoms with van der Waals surface area (Å²) in [7, 11) is 3.75. The van der Waals surface area contributed by atoms with Crippen LogP contribution in [0.4, 0.5) is 0 Å². The quantitative estimate of drug-likeness (QED) is 0.453. The van der Waals surface area contributed by atoms with E-state index in [9.17, 15) is 0 Å². The van der Waals surface area contributed by atoms with Gasteiger partial charge in [0.1, 0.15) is 0 Å². The molecule has 0 fully saturated rings. The molecule has 3 nitrogen and oxygen atoms in total. The van der Waals surface area contributed by atoms with Gasteiger partial charge in [-0.25, -0.2) is 0 Å². The van der Waals surface area contributed by atoms with Gasteiger partial charge in [-0.05, 0) is 14.1 Å². The topological polar surface area (TPSA) is 49.3 Å². The van der Waals surface area contributed by atoms with E-state index in [1.807, 2.05) is 14.1 Å². The summed E-state index contributed by atoms with van der Waals surface area (Å²) in [6.07, 6.45) is 0. The van der Waals surface area contributed by atoms with Crippen LogP contribution in [0.2, 0.25) is 0 Å². The minimum absolute atomic E-state index is 0.833. The van der Waals surface area contributed by atoms with Crippen molar-refractivity contribution in [3.8, 4) is 0 Å². The van der Waals surface area contributed by atoms with E-state index in [1.54, 1.807) is 0 Å². The fourth-order valence-electron chi connectivity index (χ4n) is 0. The highest BCUT2D eigenvalue weighted by Crippen LogP contribution is 1.42. The van der Waals surface area contributed by atoms with Crippen LogP contribution in [0, 0.1) is 0 Å². The minimum atomic E-state index is -0.833. The summed E-state index contributed by atoms with van der Waals surface area (Å²) < 4.78 is 0. The Morgan fingerprint density at radius 3 is 1.57 bits per heavy atom. The molecular weight excluding hydrogens is 94.0 g/mol. The van der Waals surface area contributed by atoms with Crippen LogP contribution in [-0.2, 0) is 4.79 Å². The zero-order valence-corrected chi connectivity index (χ0v) is 4.86. The predicted molar refractivity (Wildman–Crippen MR) is 28.3 cm³/mol. The first-order chi connectivity index (χ1) is 3.15. The van der Waals surface area contributed by atoms with Crippen molar-refractivity contribution in [3.63, 3.8) is 0 Å². The van der Waals surface area contributed by atoms with Crippen LogP contribution in [0.1, 0.15) is 6.92 Å². The molecule has 0 amide bonds. The van der Waals surface area contributed by atoms with Crippen LogP contribution >= 0.6 is 0 Å². The van der Waals surface area contributed by atoms with Gasteiger partial charge in [0, 0.05) is 6.92 Å². The van der Waals surface area contributed by atoms with Crippen LogP contribution < -0.4 is 5.32 Å². The van der Waals surface area contributed by atoms with Gasteiger partial charge in [-0.2, -0.15) is 0 Å². The Balaban J connectivity index is 0. The summed E-state index contributed by atoms with van der Waals surface area (Å²) in [5.41, 5.74) is 0. The minimum Gasteiger partial charge on any atom is -0.481 e. The molecule has 0 aliphatic carbocycles.